The van der Waals surface area contributed by atoms with Gasteiger partial charge in [-0.05, 0) is 62.6 Å². The van der Waals surface area contributed by atoms with Crippen molar-refractivity contribution < 1.29 is 17.4 Å². The van der Waals surface area contributed by atoms with Gasteiger partial charge in [0.2, 0.25) is 0 Å². The molecule has 27 heavy (non-hydrogen) atoms. The highest BCUT2D eigenvalue weighted by atomic mass is 32.2. The Labute approximate surface area is 161 Å². The molecule has 1 N–H and O–H groups in total. The molecule has 2 amide bonds. The van der Waals surface area contributed by atoms with Gasteiger partial charge in [0.05, 0.1) is 6.26 Å². The Hall–Kier alpha value is -2.54. The van der Waals surface area contributed by atoms with Gasteiger partial charge in [0.25, 0.3) is 0 Å². The molecule has 2 rings (SSSR count). The Morgan fingerprint density at radius 1 is 1.15 bits per heavy atom. The summed E-state index contributed by atoms with van der Waals surface area (Å²) in [6, 6.07) is 12.2. The third-order valence-corrected chi connectivity index (χ3v) is 4.72. The van der Waals surface area contributed by atoms with E-state index >= 15 is 0 Å². The molecule has 7 heteroatoms. The van der Waals surface area contributed by atoms with E-state index in [-0.39, 0.29) is 17.8 Å². The zero-order valence-corrected chi connectivity index (χ0v) is 17.1. The molecule has 0 saturated carbocycles. The summed E-state index contributed by atoms with van der Waals surface area (Å²) < 4.78 is 27.6. The van der Waals surface area contributed by atoms with Gasteiger partial charge in [0, 0.05) is 18.3 Å². The minimum atomic E-state index is -3.60. The molecule has 0 saturated heterocycles. The molecular weight excluding hydrogens is 364 g/mol. The number of anilines is 1. The fourth-order valence-corrected chi connectivity index (χ4v) is 3.08. The van der Waals surface area contributed by atoms with Gasteiger partial charge in [0.1, 0.15) is 5.75 Å². The smallest absolute Gasteiger partial charge is 0.322 e. The van der Waals surface area contributed by atoms with Crippen LogP contribution in [0.25, 0.3) is 0 Å². The lowest BCUT2D eigenvalue weighted by atomic mass is 10.1. The second kappa shape index (κ2) is 8.43. The van der Waals surface area contributed by atoms with Crippen molar-refractivity contribution in [3.8, 4) is 5.75 Å². The van der Waals surface area contributed by atoms with Crippen LogP contribution < -0.4 is 9.50 Å². The lowest BCUT2D eigenvalue weighted by Gasteiger charge is -2.27. The molecule has 146 valence electrons. The molecule has 0 radical (unpaired) electrons. The van der Waals surface area contributed by atoms with Crippen LogP contribution >= 0.6 is 0 Å². The van der Waals surface area contributed by atoms with Gasteiger partial charge in [-0.15, -0.1) is 0 Å². The molecule has 0 aliphatic rings. The normalized spacial score (nSPS) is 11.3. The first-order valence-corrected chi connectivity index (χ1v) is 10.5. The number of carbonyl (C=O) groups excluding carboxylic acids is 1. The fourth-order valence-electron chi connectivity index (χ4n) is 2.63. The molecule has 0 aliphatic carbocycles. The minimum absolute atomic E-state index is 0.0467. The first-order valence-electron chi connectivity index (χ1n) is 8.69. The molecule has 0 aliphatic heterocycles. The van der Waals surface area contributed by atoms with Crippen molar-refractivity contribution in [1.82, 2.24) is 4.90 Å². The topological polar surface area (TPSA) is 75.7 Å². The maximum atomic E-state index is 12.8. The van der Waals surface area contributed by atoms with Crippen LogP contribution in [0.3, 0.4) is 0 Å². The van der Waals surface area contributed by atoms with E-state index in [1.165, 1.54) is 0 Å². The third kappa shape index (κ3) is 5.99. The minimum Gasteiger partial charge on any atom is -0.383 e. The largest absolute Gasteiger partial charge is 0.383 e. The van der Waals surface area contributed by atoms with Gasteiger partial charge in [-0.3, -0.25) is 0 Å². The maximum absolute atomic E-state index is 12.8. The lowest BCUT2D eigenvalue weighted by molar-refractivity contribution is 0.193. The van der Waals surface area contributed by atoms with Crippen molar-refractivity contribution in [2.75, 3.05) is 11.6 Å². The Balaban J connectivity index is 2.19. The fraction of sp³-hybridized carbons (Fsp3) is 0.350. The number of benzene rings is 2. The van der Waals surface area contributed by atoms with Crippen LogP contribution in [0.1, 0.15) is 30.5 Å². The quantitative estimate of drug-likeness (QED) is 0.754. The van der Waals surface area contributed by atoms with E-state index in [2.05, 4.69) is 5.32 Å². The summed E-state index contributed by atoms with van der Waals surface area (Å²) in [5.41, 5.74) is 3.69. The molecule has 0 unspecified atom stereocenters. The van der Waals surface area contributed by atoms with Crippen LogP contribution in [0.2, 0.25) is 0 Å². The number of hydrogen-bond donors (Lipinski definition) is 1. The lowest BCUT2D eigenvalue weighted by Crippen LogP contribution is -2.39. The summed E-state index contributed by atoms with van der Waals surface area (Å²) >= 11 is 0. The van der Waals surface area contributed by atoms with E-state index in [1.807, 2.05) is 52.0 Å². The van der Waals surface area contributed by atoms with Crippen LogP contribution in [-0.2, 0) is 16.7 Å². The van der Waals surface area contributed by atoms with Crippen LogP contribution in [0.4, 0.5) is 10.5 Å². The average molecular weight is 391 g/mol. The number of aryl methyl sites for hydroxylation is 1. The van der Waals surface area contributed by atoms with Crippen LogP contribution in [-0.4, -0.2) is 31.6 Å². The summed E-state index contributed by atoms with van der Waals surface area (Å²) in [4.78, 5) is 14.5. The monoisotopic (exact) mass is 390 g/mol. The average Bonchev–Trinajstić information content (AvgIpc) is 2.55. The van der Waals surface area contributed by atoms with Crippen molar-refractivity contribution in [1.29, 1.82) is 0 Å². The molecule has 0 bridgehead atoms. The van der Waals surface area contributed by atoms with Crippen molar-refractivity contribution in [3.05, 3.63) is 59.2 Å². The zero-order valence-electron chi connectivity index (χ0n) is 16.3. The summed E-state index contributed by atoms with van der Waals surface area (Å²) in [6.07, 6.45) is 0.998. The van der Waals surface area contributed by atoms with Gasteiger partial charge in [-0.25, -0.2) is 4.79 Å². The van der Waals surface area contributed by atoms with Gasteiger partial charge in [-0.1, -0.05) is 24.3 Å². The summed E-state index contributed by atoms with van der Waals surface area (Å²) in [5, 5.41) is 2.97. The van der Waals surface area contributed by atoms with E-state index in [9.17, 15) is 13.2 Å². The maximum Gasteiger partial charge on any atom is 0.322 e. The second-order valence-electron chi connectivity index (χ2n) is 6.83. The van der Waals surface area contributed by atoms with E-state index < -0.39 is 10.1 Å². The number of urea groups is 1. The number of nitrogens with one attached hydrogen (secondary N) is 1. The molecule has 0 fully saturated rings. The van der Waals surface area contributed by atoms with Gasteiger partial charge >= 0.3 is 16.1 Å². The first-order chi connectivity index (χ1) is 12.6. The highest BCUT2D eigenvalue weighted by Gasteiger charge is 2.19. The predicted molar refractivity (Wildman–Crippen MR) is 108 cm³/mol. The van der Waals surface area contributed by atoms with E-state index in [4.69, 9.17) is 4.18 Å². The van der Waals surface area contributed by atoms with Crippen molar-refractivity contribution in [2.45, 2.75) is 40.3 Å². The van der Waals surface area contributed by atoms with Crippen molar-refractivity contribution in [3.63, 3.8) is 0 Å². The zero-order chi connectivity index (χ0) is 20.2. The Morgan fingerprint density at radius 3 is 2.44 bits per heavy atom. The van der Waals surface area contributed by atoms with E-state index in [1.54, 1.807) is 23.1 Å². The number of hydrogen-bond acceptors (Lipinski definition) is 4. The number of nitrogens with zero attached hydrogens (tertiary/aromatic N) is 1. The first kappa shape index (κ1) is 20.8. The Kier molecular flexibility index (Phi) is 6.49. The Morgan fingerprint density at radius 2 is 1.81 bits per heavy atom. The van der Waals surface area contributed by atoms with Crippen molar-refractivity contribution in [2.24, 2.45) is 0 Å². The number of carbonyl (C=O) groups is 1. The molecule has 2 aromatic rings. The molecule has 0 heterocycles. The predicted octanol–water partition coefficient (Wildman–Crippen LogP) is 4.08. The second-order valence-corrected chi connectivity index (χ2v) is 8.41. The summed E-state index contributed by atoms with van der Waals surface area (Å²) in [5.74, 6) is 0.230. The van der Waals surface area contributed by atoms with Crippen molar-refractivity contribution >= 4 is 21.8 Å². The molecule has 2 aromatic carbocycles. The van der Waals surface area contributed by atoms with Crippen LogP contribution in [0.15, 0.2) is 42.5 Å². The SMILES string of the molecule is Cc1cccc(NC(=O)N(Cc2cccc(OS(C)(=O)=O)c2)C(C)C)c1C. The molecular formula is C20H26N2O4S. The summed E-state index contributed by atoms with van der Waals surface area (Å²) in [7, 11) is -3.60. The standard InChI is InChI=1S/C20H26N2O4S/c1-14(2)22(20(23)21-19-11-6-8-15(3)16(19)4)13-17-9-7-10-18(12-17)26-27(5,24)25/h6-12,14H,13H2,1-5H3,(H,21,23). The van der Waals surface area contributed by atoms with Crippen LogP contribution in [0, 0.1) is 13.8 Å². The van der Waals surface area contributed by atoms with E-state index in [0.29, 0.717) is 6.54 Å². The van der Waals surface area contributed by atoms with Gasteiger partial charge in [-0.2, -0.15) is 8.42 Å². The number of amides is 2. The third-order valence-electron chi connectivity index (χ3n) is 4.23. The summed E-state index contributed by atoms with van der Waals surface area (Å²) in [6.45, 7) is 8.16. The van der Waals surface area contributed by atoms with E-state index in [0.717, 1.165) is 28.6 Å². The molecule has 6 nitrogen and oxygen atoms in total. The van der Waals surface area contributed by atoms with Gasteiger partial charge < -0.3 is 14.4 Å². The highest BCUT2D eigenvalue weighted by Crippen LogP contribution is 2.21. The molecule has 0 spiro atoms. The molecule has 0 atom stereocenters. The Bertz CT molecular complexity index is 923. The number of rotatable bonds is 6. The molecule has 0 aromatic heterocycles. The van der Waals surface area contributed by atoms with Gasteiger partial charge in [0.15, 0.2) is 0 Å². The van der Waals surface area contributed by atoms with Crippen LogP contribution in [0.5, 0.6) is 5.75 Å². The highest BCUT2D eigenvalue weighted by molar-refractivity contribution is 7.86.